The Morgan fingerprint density at radius 3 is 2.45 bits per heavy atom. The van der Waals surface area contributed by atoms with E-state index >= 15 is 0 Å². The average Bonchev–Trinajstić information content (AvgIpc) is 2.06. The molecule has 0 saturated carbocycles. The molecule has 0 fully saturated rings. The molecule has 0 rings (SSSR count). The largest absolute Gasteiger partial charge is 0.497 e. The van der Waals surface area contributed by atoms with Gasteiger partial charge in [-0.25, -0.2) is 0 Å². The first-order chi connectivity index (χ1) is 5.24. The Labute approximate surface area is 69.1 Å². The van der Waals surface area contributed by atoms with Crippen LogP contribution in [0.1, 0.15) is 20.3 Å². The molecule has 0 radical (unpaired) electrons. The summed E-state index contributed by atoms with van der Waals surface area (Å²) in [5.74, 6) is 0.804. The zero-order valence-electron chi connectivity index (χ0n) is 7.55. The van der Waals surface area contributed by atoms with Gasteiger partial charge in [0.05, 0.1) is 7.11 Å². The molecule has 0 heterocycles. The third-order valence-electron chi connectivity index (χ3n) is 1.53. The Kier molecular flexibility index (Phi) is 5.26. The predicted molar refractivity (Wildman–Crippen MR) is 49.3 cm³/mol. The number of hydrogen-bond donors (Lipinski definition) is 0. The highest BCUT2D eigenvalue weighted by atomic mass is 16.5. The Morgan fingerprint density at radius 1 is 1.45 bits per heavy atom. The molecule has 0 aromatic rings. The molecule has 0 aromatic heterocycles. The van der Waals surface area contributed by atoms with Gasteiger partial charge in [-0.1, -0.05) is 25.2 Å². The van der Waals surface area contributed by atoms with Crippen molar-refractivity contribution in [2.75, 3.05) is 7.11 Å². The monoisotopic (exact) mass is 152 g/mol. The first-order valence-electron chi connectivity index (χ1n) is 3.78. The topological polar surface area (TPSA) is 9.23 Å². The SMILES string of the molecule is C=CC(=CC=C(C)CC)OC. The van der Waals surface area contributed by atoms with Crippen LogP contribution in [0.4, 0.5) is 0 Å². The van der Waals surface area contributed by atoms with Crippen LogP contribution in [0.25, 0.3) is 0 Å². The molecule has 0 aromatic carbocycles. The molecule has 1 heteroatoms. The van der Waals surface area contributed by atoms with Crippen LogP contribution in [0.5, 0.6) is 0 Å². The van der Waals surface area contributed by atoms with Crippen molar-refractivity contribution in [3.8, 4) is 0 Å². The van der Waals surface area contributed by atoms with Crippen LogP contribution in [0.15, 0.2) is 36.1 Å². The van der Waals surface area contributed by atoms with E-state index in [9.17, 15) is 0 Å². The van der Waals surface area contributed by atoms with Crippen LogP contribution in [0.3, 0.4) is 0 Å². The molecule has 62 valence electrons. The quantitative estimate of drug-likeness (QED) is 0.444. The zero-order valence-corrected chi connectivity index (χ0v) is 7.55. The second-order valence-corrected chi connectivity index (χ2v) is 2.34. The van der Waals surface area contributed by atoms with Crippen molar-refractivity contribution in [1.29, 1.82) is 0 Å². The summed E-state index contributed by atoms with van der Waals surface area (Å²) >= 11 is 0. The van der Waals surface area contributed by atoms with Gasteiger partial charge in [0.2, 0.25) is 0 Å². The minimum atomic E-state index is 0.804. The standard InChI is InChI=1S/C10H16O/c1-5-9(3)7-8-10(6-2)11-4/h6-8H,2,5H2,1,3-4H3. The van der Waals surface area contributed by atoms with E-state index in [4.69, 9.17) is 4.74 Å². The molecule has 0 atom stereocenters. The van der Waals surface area contributed by atoms with Gasteiger partial charge in [-0.3, -0.25) is 0 Å². The minimum absolute atomic E-state index is 0.804. The molecule has 0 bridgehead atoms. The third-order valence-corrected chi connectivity index (χ3v) is 1.53. The Hall–Kier alpha value is -0.980. The Morgan fingerprint density at radius 2 is 2.09 bits per heavy atom. The van der Waals surface area contributed by atoms with E-state index in [1.165, 1.54) is 5.57 Å². The van der Waals surface area contributed by atoms with Gasteiger partial charge in [-0.15, -0.1) is 0 Å². The van der Waals surface area contributed by atoms with Gasteiger partial charge >= 0.3 is 0 Å². The fourth-order valence-electron chi connectivity index (χ4n) is 0.562. The van der Waals surface area contributed by atoms with E-state index in [0.29, 0.717) is 0 Å². The molecule has 0 amide bonds. The lowest BCUT2D eigenvalue weighted by molar-refractivity contribution is 0.307. The van der Waals surface area contributed by atoms with Crippen LogP contribution in [-0.4, -0.2) is 7.11 Å². The van der Waals surface area contributed by atoms with Gasteiger partial charge in [0, 0.05) is 0 Å². The molecule has 0 aliphatic heterocycles. The van der Waals surface area contributed by atoms with Gasteiger partial charge in [0.15, 0.2) is 0 Å². The minimum Gasteiger partial charge on any atom is -0.497 e. The molecular formula is C10H16O. The maximum atomic E-state index is 4.99. The fourth-order valence-corrected chi connectivity index (χ4v) is 0.562. The van der Waals surface area contributed by atoms with Gasteiger partial charge in [-0.2, -0.15) is 0 Å². The van der Waals surface area contributed by atoms with Gasteiger partial charge in [0.25, 0.3) is 0 Å². The molecule has 0 unspecified atom stereocenters. The van der Waals surface area contributed by atoms with Gasteiger partial charge < -0.3 is 4.74 Å². The summed E-state index contributed by atoms with van der Waals surface area (Å²) in [7, 11) is 1.64. The second kappa shape index (κ2) is 5.78. The smallest absolute Gasteiger partial charge is 0.118 e. The summed E-state index contributed by atoms with van der Waals surface area (Å²) < 4.78 is 4.99. The molecule has 0 aliphatic rings. The Bertz CT molecular complexity index is 175. The highest BCUT2D eigenvalue weighted by Gasteiger charge is 1.84. The number of methoxy groups -OCH3 is 1. The maximum absolute atomic E-state index is 4.99. The lowest BCUT2D eigenvalue weighted by Gasteiger charge is -1.96. The van der Waals surface area contributed by atoms with Crippen molar-refractivity contribution in [3.63, 3.8) is 0 Å². The molecule has 0 aliphatic carbocycles. The van der Waals surface area contributed by atoms with E-state index in [-0.39, 0.29) is 0 Å². The van der Waals surface area contributed by atoms with Crippen molar-refractivity contribution in [2.24, 2.45) is 0 Å². The average molecular weight is 152 g/mol. The predicted octanol–water partition coefficient (Wildman–Crippen LogP) is 3.06. The summed E-state index contributed by atoms with van der Waals surface area (Å²) in [6.45, 7) is 7.83. The summed E-state index contributed by atoms with van der Waals surface area (Å²) in [4.78, 5) is 0. The number of hydrogen-bond acceptors (Lipinski definition) is 1. The molecular weight excluding hydrogens is 136 g/mol. The summed E-state index contributed by atoms with van der Waals surface area (Å²) in [6, 6.07) is 0. The third kappa shape index (κ3) is 4.43. The summed E-state index contributed by atoms with van der Waals surface area (Å²) in [6.07, 6.45) is 6.73. The van der Waals surface area contributed by atoms with Crippen LogP contribution in [-0.2, 0) is 4.74 Å². The van der Waals surface area contributed by atoms with Crippen molar-refractivity contribution in [1.82, 2.24) is 0 Å². The fraction of sp³-hybridized carbons (Fsp3) is 0.400. The number of allylic oxidation sites excluding steroid dienone is 4. The van der Waals surface area contributed by atoms with Crippen molar-refractivity contribution in [3.05, 3.63) is 36.1 Å². The lowest BCUT2D eigenvalue weighted by Crippen LogP contribution is -1.79. The van der Waals surface area contributed by atoms with E-state index in [2.05, 4.69) is 20.4 Å². The van der Waals surface area contributed by atoms with E-state index in [0.717, 1.165) is 12.2 Å². The lowest BCUT2D eigenvalue weighted by atomic mass is 10.2. The molecule has 0 saturated heterocycles. The van der Waals surface area contributed by atoms with E-state index < -0.39 is 0 Å². The van der Waals surface area contributed by atoms with Gasteiger partial charge in [-0.05, 0) is 25.5 Å². The van der Waals surface area contributed by atoms with E-state index in [1.54, 1.807) is 13.2 Å². The first kappa shape index (κ1) is 10.0. The van der Waals surface area contributed by atoms with Crippen molar-refractivity contribution >= 4 is 0 Å². The highest BCUT2D eigenvalue weighted by molar-refractivity contribution is 5.19. The zero-order chi connectivity index (χ0) is 8.69. The van der Waals surface area contributed by atoms with Gasteiger partial charge in [0.1, 0.15) is 5.76 Å². The normalized spacial score (nSPS) is 13.0. The molecule has 1 nitrogen and oxygen atoms in total. The highest BCUT2D eigenvalue weighted by Crippen LogP contribution is 2.02. The van der Waals surface area contributed by atoms with Crippen LogP contribution < -0.4 is 0 Å². The number of ether oxygens (including phenoxy) is 1. The second-order valence-electron chi connectivity index (χ2n) is 2.34. The number of rotatable bonds is 4. The molecule has 0 spiro atoms. The van der Waals surface area contributed by atoms with Crippen LogP contribution >= 0.6 is 0 Å². The summed E-state index contributed by atoms with van der Waals surface area (Å²) in [5, 5.41) is 0. The van der Waals surface area contributed by atoms with E-state index in [1.807, 2.05) is 12.2 Å². The van der Waals surface area contributed by atoms with Crippen LogP contribution in [0.2, 0.25) is 0 Å². The first-order valence-corrected chi connectivity index (χ1v) is 3.78. The van der Waals surface area contributed by atoms with Crippen LogP contribution in [0, 0.1) is 0 Å². The molecule has 0 N–H and O–H groups in total. The summed E-state index contributed by atoms with van der Waals surface area (Å²) in [5.41, 5.74) is 1.33. The Balaban J connectivity index is 4.17. The maximum Gasteiger partial charge on any atom is 0.118 e. The molecule has 11 heavy (non-hydrogen) atoms. The van der Waals surface area contributed by atoms with Crippen molar-refractivity contribution < 1.29 is 4.74 Å². The van der Waals surface area contributed by atoms with Crippen molar-refractivity contribution in [2.45, 2.75) is 20.3 Å².